The second-order valence-corrected chi connectivity index (χ2v) is 12.9. The molecule has 0 heterocycles. The second kappa shape index (κ2) is 16.5. The third kappa shape index (κ3) is 8.98. The van der Waals surface area contributed by atoms with Crippen LogP contribution >= 0.6 is 0 Å². The van der Waals surface area contributed by atoms with Crippen LogP contribution in [0, 0.1) is 29.4 Å². The highest BCUT2D eigenvalue weighted by Gasteiger charge is 2.32. The van der Waals surface area contributed by atoms with Gasteiger partial charge >= 0.3 is 5.97 Å². The van der Waals surface area contributed by atoms with Crippen molar-refractivity contribution in [3.05, 3.63) is 71.3 Å². The van der Waals surface area contributed by atoms with Crippen LogP contribution in [0.5, 0.6) is 0 Å². The molecular weight excluding hydrogens is 546 g/mol. The van der Waals surface area contributed by atoms with Gasteiger partial charge in [0.05, 0.1) is 18.8 Å². The highest BCUT2D eigenvalue weighted by atomic mass is 19.1. The van der Waals surface area contributed by atoms with Gasteiger partial charge in [0, 0.05) is 18.6 Å². The van der Waals surface area contributed by atoms with Crippen LogP contribution in [0.4, 0.5) is 8.78 Å². The number of aliphatic hydroxyl groups excluding tert-OH is 1. The van der Waals surface area contributed by atoms with Crippen molar-refractivity contribution in [2.75, 3.05) is 26.9 Å². The van der Waals surface area contributed by atoms with Crippen LogP contribution in [-0.2, 0) is 14.3 Å². The molecule has 2 aromatic carbocycles. The third-order valence-corrected chi connectivity index (χ3v) is 10.0. The molecule has 1 unspecified atom stereocenters. The van der Waals surface area contributed by atoms with E-state index < -0.39 is 24.3 Å². The van der Waals surface area contributed by atoms with Gasteiger partial charge in [-0.3, -0.25) is 0 Å². The Morgan fingerprint density at radius 3 is 2.23 bits per heavy atom. The lowest BCUT2D eigenvalue weighted by Gasteiger charge is -2.38. The van der Waals surface area contributed by atoms with E-state index in [1.165, 1.54) is 83.5 Å². The molecule has 43 heavy (non-hydrogen) atoms. The van der Waals surface area contributed by atoms with Crippen molar-refractivity contribution in [1.29, 1.82) is 0 Å². The molecule has 0 aliphatic heterocycles. The summed E-state index contributed by atoms with van der Waals surface area (Å²) in [5.74, 6) is 0.940. The molecule has 4 nitrogen and oxygen atoms in total. The van der Waals surface area contributed by atoms with Crippen molar-refractivity contribution < 1.29 is 28.2 Å². The Kier molecular flexibility index (Phi) is 12.8. The number of ether oxygens (including phenoxy) is 2. The molecule has 1 N–H and O–H groups in total. The van der Waals surface area contributed by atoms with Crippen LogP contribution in [0.1, 0.15) is 107 Å². The number of rotatable bonds is 14. The Morgan fingerprint density at radius 1 is 0.930 bits per heavy atom. The lowest BCUT2D eigenvalue weighted by Crippen LogP contribution is -2.25. The highest BCUT2D eigenvalue weighted by Crippen LogP contribution is 2.45. The Labute approximate surface area is 256 Å². The normalized spacial score (nSPS) is 23.1. The van der Waals surface area contributed by atoms with Gasteiger partial charge < -0.3 is 14.6 Å². The first kappa shape index (κ1) is 33.3. The minimum Gasteiger partial charge on any atom is -0.462 e. The Hall–Kier alpha value is -2.57. The van der Waals surface area contributed by atoms with Gasteiger partial charge in [0.25, 0.3) is 0 Å². The molecule has 2 aliphatic rings. The number of benzene rings is 2. The summed E-state index contributed by atoms with van der Waals surface area (Å²) >= 11 is 0. The summed E-state index contributed by atoms with van der Waals surface area (Å²) in [6.45, 7) is 5.41. The molecule has 2 fully saturated rings. The number of hydrogen-bond donors (Lipinski definition) is 1. The fraction of sp³-hybridized carbons (Fsp3) is 0.595. The molecule has 0 saturated heterocycles. The molecule has 236 valence electrons. The zero-order valence-corrected chi connectivity index (χ0v) is 26.1. The minimum atomic E-state index is -0.704. The number of halogens is 2. The minimum absolute atomic E-state index is 0.0453. The lowest BCUT2D eigenvalue weighted by molar-refractivity contribution is -0.140. The lowest BCUT2D eigenvalue weighted by atomic mass is 9.68. The van der Waals surface area contributed by atoms with E-state index in [1.807, 2.05) is 12.1 Å². The summed E-state index contributed by atoms with van der Waals surface area (Å²) in [7, 11) is 1.52. The summed E-state index contributed by atoms with van der Waals surface area (Å²) in [6.07, 6.45) is 15.4. The van der Waals surface area contributed by atoms with E-state index in [4.69, 9.17) is 14.6 Å². The molecule has 0 amide bonds. The van der Waals surface area contributed by atoms with E-state index >= 15 is 8.78 Å². The SMILES string of the molecule is C=C(CO)C(=O)OCC(COC)c1ccc(-c2ccc(C3CCC(C4CCC(CCCCC)CC4)CC3)c(F)c2)c(F)c1. The van der Waals surface area contributed by atoms with Crippen molar-refractivity contribution in [2.45, 2.75) is 95.8 Å². The number of esters is 1. The third-order valence-electron chi connectivity index (χ3n) is 10.0. The maximum atomic E-state index is 15.4. The molecular formula is C37H50F2O4. The molecule has 0 aromatic heterocycles. The molecule has 1 atom stereocenters. The Bertz CT molecular complexity index is 1200. The first-order valence-electron chi connectivity index (χ1n) is 16.4. The maximum Gasteiger partial charge on any atom is 0.335 e. The Morgan fingerprint density at radius 2 is 1.63 bits per heavy atom. The van der Waals surface area contributed by atoms with Gasteiger partial charge in [0.2, 0.25) is 0 Å². The first-order valence-corrected chi connectivity index (χ1v) is 16.4. The van der Waals surface area contributed by atoms with Crippen LogP contribution in [0.2, 0.25) is 0 Å². The highest BCUT2D eigenvalue weighted by molar-refractivity contribution is 5.87. The van der Waals surface area contributed by atoms with Crippen molar-refractivity contribution in [3.63, 3.8) is 0 Å². The van der Waals surface area contributed by atoms with Gasteiger partial charge in [0.15, 0.2) is 0 Å². The predicted molar refractivity (Wildman–Crippen MR) is 168 cm³/mol. The molecule has 0 bridgehead atoms. The predicted octanol–water partition coefficient (Wildman–Crippen LogP) is 9.11. The number of unbranched alkanes of at least 4 members (excludes halogenated alkanes) is 2. The second-order valence-electron chi connectivity index (χ2n) is 12.9. The zero-order chi connectivity index (χ0) is 30.8. The molecule has 4 rings (SSSR count). The van der Waals surface area contributed by atoms with E-state index in [-0.39, 0.29) is 30.5 Å². The van der Waals surface area contributed by atoms with Crippen molar-refractivity contribution in [1.82, 2.24) is 0 Å². The summed E-state index contributed by atoms with van der Waals surface area (Å²) in [6, 6.07) is 9.93. The largest absolute Gasteiger partial charge is 0.462 e. The van der Waals surface area contributed by atoms with E-state index in [9.17, 15) is 4.79 Å². The summed E-state index contributed by atoms with van der Waals surface area (Å²) < 4.78 is 41.2. The molecule has 6 heteroatoms. The van der Waals surface area contributed by atoms with Gasteiger partial charge in [-0.1, -0.05) is 76.3 Å². The monoisotopic (exact) mass is 596 g/mol. The van der Waals surface area contributed by atoms with Crippen LogP contribution < -0.4 is 0 Å². The van der Waals surface area contributed by atoms with Crippen molar-refractivity contribution >= 4 is 5.97 Å². The van der Waals surface area contributed by atoms with E-state index in [1.54, 1.807) is 12.1 Å². The van der Waals surface area contributed by atoms with Gasteiger partial charge in [-0.25, -0.2) is 13.6 Å². The fourth-order valence-electron chi connectivity index (χ4n) is 7.36. The number of aliphatic hydroxyl groups is 1. The van der Waals surface area contributed by atoms with Crippen LogP contribution in [0.3, 0.4) is 0 Å². The van der Waals surface area contributed by atoms with Gasteiger partial charge in [-0.2, -0.15) is 0 Å². The molecule has 2 aromatic rings. The number of carbonyl (C=O) groups is 1. The molecule has 0 radical (unpaired) electrons. The topological polar surface area (TPSA) is 55.8 Å². The van der Waals surface area contributed by atoms with Crippen molar-refractivity contribution in [2.24, 2.45) is 17.8 Å². The van der Waals surface area contributed by atoms with Gasteiger partial charge in [0.1, 0.15) is 18.2 Å². The molecule has 0 spiro atoms. The van der Waals surface area contributed by atoms with Gasteiger partial charge in [-0.05, 0) is 91.0 Å². The molecule has 2 aliphatic carbocycles. The maximum absolute atomic E-state index is 15.4. The quantitative estimate of drug-likeness (QED) is 0.134. The van der Waals surface area contributed by atoms with Gasteiger partial charge in [-0.15, -0.1) is 0 Å². The van der Waals surface area contributed by atoms with E-state index in [0.29, 0.717) is 16.7 Å². The number of carbonyl (C=O) groups excluding carboxylic acids is 1. The average Bonchev–Trinajstić information content (AvgIpc) is 3.03. The van der Waals surface area contributed by atoms with Crippen LogP contribution in [0.15, 0.2) is 48.6 Å². The number of hydrogen-bond acceptors (Lipinski definition) is 4. The van der Waals surface area contributed by atoms with Crippen molar-refractivity contribution in [3.8, 4) is 11.1 Å². The molecule has 2 saturated carbocycles. The number of methoxy groups -OCH3 is 1. The zero-order valence-electron chi connectivity index (χ0n) is 26.1. The summed E-state index contributed by atoms with van der Waals surface area (Å²) in [5, 5.41) is 9.07. The van der Waals surface area contributed by atoms with E-state index in [2.05, 4.69) is 13.5 Å². The van der Waals surface area contributed by atoms with Crippen LogP contribution in [-0.4, -0.2) is 38.0 Å². The smallest absolute Gasteiger partial charge is 0.335 e. The standard InChI is InChI=1S/C37H50F2O4/c1-4-5-6-7-26-8-10-27(11-9-26)28-12-14-29(15-13-28)33-19-17-31(21-36(33)39)34-18-16-30(20-35(34)38)32(23-42-3)24-43-37(41)25(2)22-40/h16-21,26-29,32,40H,2,4-15,22-24H2,1,3H3. The summed E-state index contributed by atoms with van der Waals surface area (Å²) in [4.78, 5) is 11.9. The van der Waals surface area contributed by atoms with E-state index in [0.717, 1.165) is 36.2 Å². The summed E-state index contributed by atoms with van der Waals surface area (Å²) in [5.41, 5.74) is 2.13. The Balaban J connectivity index is 1.34. The first-order chi connectivity index (χ1) is 20.8. The average molecular weight is 597 g/mol. The van der Waals surface area contributed by atoms with Crippen LogP contribution in [0.25, 0.3) is 11.1 Å². The fourth-order valence-corrected chi connectivity index (χ4v) is 7.36.